The van der Waals surface area contributed by atoms with Gasteiger partial charge in [-0.2, -0.15) is 0 Å². The van der Waals surface area contributed by atoms with Crippen LogP contribution >= 0.6 is 62.3 Å². The standard InChI is InChI=1S/C33H28BrCl4N3O4/c34-23-7-2-20(3-8-23)18-33(32(43)41-39-19-21-4-13-27(36)29(38)16-21)30(26-12-9-24(35)17-28(26)37)45-31(40-33)22-5-10-25(11-6-22)44-15-1-14-42/h2-13,16-17,30,39,42H,1,14-15,18-19H2,(H,41,43)/t30-,33-/m0/s1. The maximum Gasteiger partial charge on any atom is 0.266 e. The van der Waals surface area contributed by atoms with Gasteiger partial charge in [-0.15, -0.1) is 0 Å². The molecule has 3 N–H and O–H groups in total. The van der Waals surface area contributed by atoms with Gasteiger partial charge in [-0.25, -0.2) is 10.4 Å². The van der Waals surface area contributed by atoms with Crippen molar-refractivity contribution in [3.8, 4) is 5.75 Å². The van der Waals surface area contributed by atoms with Crippen LogP contribution in [0.15, 0.2) is 94.4 Å². The number of aliphatic hydroxyl groups is 1. The number of ether oxygens (including phenoxy) is 2. The molecule has 4 aromatic carbocycles. The third kappa shape index (κ3) is 8.13. The number of hydrazine groups is 1. The smallest absolute Gasteiger partial charge is 0.266 e. The van der Waals surface area contributed by atoms with Crippen LogP contribution in [0.3, 0.4) is 0 Å². The van der Waals surface area contributed by atoms with Gasteiger partial charge in [0.05, 0.1) is 16.7 Å². The number of nitrogens with one attached hydrogen (secondary N) is 2. The Balaban J connectivity index is 1.53. The summed E-state index contributed by atoms with van der Waals surface area (Å²) in [5.74, 6) is 0.471. The van der Waals surface area contributed by atoms with Crippen LogP contribution in [0, 0.1) is 0 Å². The van der Waals surface area contributed by atoms with E-state index in [0.29, 0.717) is 50.0 Å². The van der Waals surface area contributed by atoms with Crippen molar-refractivity contribution >= 4 is 74.1 Å². The Morgan fingerprint density at radius 2 is 1.64 bits per heavy atom. The zero-order valence-corrected chi connectivity index (χ0v) is 28.3. The number of aliphatic imine (C=N–C) groups is 1. The monoisotopic (exact) mass is 749 g/mol. The molecule has 0 saturated carbocycles. The largest absolute Gasteiger partial charge is 0.494 e. The number of hydrogen-bond donors (Lipinski definition) is 3. The van der Waals surface area contributed by atoms with Gasteiger partial charge in [0.2, 0.25) is 5.90 Å². The van der Waals surface area contributed by atoms with Crippen LogP contribution in [-0.2, 0) is 22.5 Å². The third-order valence-corrected chi connectivity index (χ3v) is 8.97. The molecule has 0 unspecified atom stereocenters. The summed E-state index contributed by atoms with van der Waals surface area (Å²) in [6, 6.07) is 25.2. The minimum atomic E-state index is -1.48. The second-order valence-corrected chi connectivity index (χ2v) is 12.9. The van der Waals surface area contributed by atoms with Crippen molar-refractivity contribution in [2.24, 2.45) is 4.99 Å². The molecule has 7 nitrogen and oxygen atoms in total. The van der Waals surface area contributed by atoms with E-state index in [-0.39, 0.29) is 25.5 Å². The molecule has 1 amide bonds. The van der Waals surface area contributed by atoms with Crippen molar-refractivity contribution < 1.29 is 19.4 Å². The summed E-state index contributed by atoms with van der Waals surface area (Å²) in [6.07, 6.45) is -0.197. The normalized spacial score (nSPS) is 17.5. The molecule has 1 aliphatic rings. The number of nitrogens with zero attached hydrogens (tertiary/aromatic N) is 1. The fraction of sp³-hybridized carbons (Fsp3) is 0.212. The fourth-order valence-corrected chi connectivity index (χ4v) is 5.96. The number of aliphatic hydroxyl groups excluding tert-OH is 1. The van der Waals surface area contributed by atoms with Crippen molar-refractivity contribution in [2.75, 3.05) is 13.2 Å². The van der Waals surface area contributed by atoms with Gasteiger partial charge in [-0.3, -0.25) is 10.2 Å². The van der Waals surface area contributed by atoms with Crippen molar-refractivity contribution in [2.45, 2.75) is 31.0 Å². The van der Waals surface area contributed by atoms with Crippen LogP contribution in [0.2, 0.25) is 20.1 Å². The van der Waals surface area contributed by atoms with Crippen LogP contribution in [0.25, 0.3) is 0 Å². The average molecular weight is 752 g/mol. The number of amides is 1. The number of hydrogen-bond acceptors (Lipinski definition) is 6. The summed E-state index contributed by atoms with van der Waals surface area (Å²) in [4.78, 5) is 19.4. The minimum Gasteiger partial charge on any atom is -0.494 e. The molecule has 0 spiro atoms. The van der Waals surface area contributed by atoms with E-state index in [1.807, 2.05) is 42.5 Å². The highest BCUT2D eigenvalue weighted by atomic mass is 79.9. The van der Waals surface area contributed by atoms with Gasteiger partial charge in [0.15, 0.2) is 11.6 Å². The molecule has 1 heterocycles. The topological polar surface area (TPSA) is 92.2 Å². The van der Waals surface area contributed by atoms with E-state index in [1.54, 1.807) is 42.5 Å². The average Bonchev–Trinajstić information content (AvgIpc) is 3.40. The molecule has 2 atom stereocenters. The molecule has 0 aromatic heterocycles. The third-order valence-electron chi connectivity index (χ3n) is 7.14. The summed E-state index contributed by atoms with van der Waals surface area (Å²) in [7, 11) is 0. The van der Waals surface area contributed by atoms with Crippen molar-refractivity contribution in [3.63, 3.8) is 0 Å². The molecule has 4 aromatic rings. The van der Waals surface area contributed by atoms with Crippen molar-refractivity contribution in [3.05, 3.63) is 132 Å². The first kappa shape index (κ1) is 33.5. The van der Waals surface area contributed by atoms with Crippen LogP contribution in [0.4, 0.5) is 0 Å². The maximum atomic E-state index is 14.4. The molecule has 0 bridgehead atoms. The van der Waals surface area contributed by atoms with E-state index in [4.69, 9.17) is 66.0 Å². The molecular weight excluding hydrogens is 724 g/mol. The highest BCUT2D eigenvalue weighted by Crippen LogP contribution is 2.45. The first-order chi connectivity index (χ1) is 21.7. The first-order valence-electron chi connectivity index (χ1n) is 14.0. The Morgan fingerprint density at radius 3 is 2.33 bits per heavy atom. The number of halogens is 5. The van der Waals surface area contributed by atoms with E-state index >= 15 is 0 Å². The number of carbonyl (C=O) groups is 1. The zero-order valence-electron chi connectivity index (χ0n) is 23.7. The van der Waals surface area contributed by atoms with Crippen LogP contribution in [0.1, 0.15) is 34.8 Å². The number of carbonyl (C=O) groups excluding carboxylic acids is 1. The lowest BCUT2D eigenvalue weighted by atomic mass is 9.82. The summed E-state index contributed by atoms with van der Waals surface area (Å²) in [5.41, 5.74) is 7.25. The molecule has 0 radical (unpaired) electrons. The molecule has 0 aliphatic carbocycles. The zero-order chi connectivity index (χ0) is 32.0. The Morgan fingerprint density at radius 1 is 0.911 bits per heavy atom. The Bertz CT molecular complexity index is 1690. The van der Waals surface area contributed by atoms with E-state index in [0.717, 1.165) is 15.6 Å². The SMILES string of the molecule is O=C(NNCc1ccc(Cl)c(Cl)c1)[C@@]1(Cc2ccc(Br)cc2)N=C(c2ccc(OCCCO)cc2)O[C@H]1c1ccc(Cl)cc1Cl. The van der Waals surface area contributed by atoms with Crippen molar-refractivity contribution in [1.29, 1.82) is 0 Å². The fourth-order valence-electron chi connectivity index (χ4n) is 4.87. The molecule has 234 valence electrons. The van der Waals surface area contributed by atoms with Crippen molar-refractivity contribution in [1.82, 2.24) is 10.9 Å². The maximum absolute atomic E-state index is 14.4. The molecule has 12 heteroatoms. The second kappa shape index (κ2) is 15.2. The lowest BCUT2D eigenvalue weighted by molar-refractivity contribution is -0.130. The van der Waals surface area contributed by atoms with E-state index in [2.05, 4.69) is 26.8 Å². The van der Waals surface area contributed by atoms with Gasteiger partial charge in [-0.1, -0.05) is 86.6 Å². The highest BCUT2D eigenvalue weighted by Gasteiger charge is 2.54. The molecule has 0 saturated heterocycles. The highest BCUT2D eigenvalue weighted by molar-refractivity contribution is 9.10. The van der Waals surface area contributed by atoms with Gasteiger partial charge in [-0.05, 0) is 71.8 Å². The van der Waals surface area contributed by atoms with Gasteiger partial charge in [0.25, 0.3) is 5.91 Å². The van der Waals surface area contributed by atoms with E-state index < -0.39 is 17.6 Å². The van der Waals surface area contributed by atoms with Crippen LogP contribution in [0.5, 0.6) is 5.75 Å². The molecule has 45 heavy (non-hydrogen) atoms. The Hall–Kier alpha value is -2.82. The van der Waals surface area contributed by atoms with Crippen LogP contribution < -0.4 is 15.6 Å². The summed E-state index contributed by atoms with van der Waals surface area (Å²) < 4.78 is 13.1. The van der Waals surface area contributed by atoms with Gasteiger partial charge in [0.1, 0.15) is 5.75 Å². The van der Waals surface area contributed by atoms with Crippen LogP contribution in [-0.4, -0.2) is 35.7 Å². The number of benzene rings is 4. The molecule has 5 rings (SSSR count). The molecular formula is C33H28BrCl4N3O4. The second-order valence-electron chi connectivity index (χ2n) is 10.3. The first-order valence-corrected chi connectivity index (χ1v) is 16.3. The van der Waals surface area contributed by atoms with Gasteiger partial charge in [0, 0.05) is 51.6 Å². The number of rotatable bonds is 12. The quantitative estimate of drug-likeness (QED) is 0.100. The van der Waals surface area contributed by atoms with E-state index in [9.17, 15) is 4.79 Å². The summed E-state index contributed by atoms with van der Waals surface area (Å²) >= 11 is 28.7. The predicted molar refractivity (Wildman–Crippen MR) is 182 cm³/mol. The lowest BCUT2D eigenvalue weighted by Crippen LogP contribution is -2.53. The van der Waals surface area contributed by atoms with Gasteiger partial charge >= 0.3 is 0 Å². The minimum absolute atomic E-state index is 0.0438. The van der Waals surface area contributed by atoms with E-state index in [1.165, 1.54) is 0 Å². The Kier molecular flexibility index (Phi) is 11.3. The summed E-state index contributed by atoms with van der Waals surface area (Å²) in [6.45, 7) is 0.705. The Labute approximate surface area is 289 Å². The van der Waals surface area contributed by atoms with Gasteiger partial charge < -0.3 is 14.6 Å². The molecule has 0 fully saturated rings. The predicted octanol–water partition coefficient (Wildman–Crippen LogP) is 8.14. The summed E-state index contributed by atoms with van der Waals surface area (Å²) in [5, 5.41) is 10.7. The lowest BCUT2D eigenvalue weighted by Gasteiger charge is -2.31. The molecule has 1 aliphatic heterocycles.